The molecule has 1 aromatic carbocycles. The average Bonchev–Trinajstić information content (AvgIpc) is 3.24. The lowest BCUT2D eigenvalue weighted by Gasteiger charge is -2.26. The van der Waals surface area contributed by atoms with E-state index in [0.29, 0.717) is 12.1 Å². The first-order valence-electron chi connectivity index (χ1n) is 8.00. The molecule has 21 heavy (non-hydrogen) atoms. The topological polar surface area (TPSA) is 28.4 Å². The fourth-order valence-corrected chi connectivity index (χ4v) is 3.93. The molecule has 0 amide bonds. The Morgan fingerprint density at radius 2 is 1.95 bits per heavy atom. The minimum atomic E-state index is 0.159. The van der Waals surface area contributed by atoms with Gasteiger partial charge in [0.2, 0.25) is 0 Å². The summed E-state index contributed by atoms with van der Waals surface area (Å²) >= 11 is 0. The van der Waals surface area contributed by atoms with Crippen LogP contribution in [0.5, 0.6) is 0 Å². The molecule has 0 saturated carbocycles. The van der Waals surface area contributed by atoms with E-state index in [1.54, 1.807) is 6.26 Å². The van der Waals surface area contributed by atoms with Crippen LogP contribution in [0.25, 0.3) is 0 Å². The summed E-state index contributed by atoms with van der Waals surface area (Å²) in [5.74, 6) is 1.01. The highest BCUT2D eigenvalue weighted by atomic mass is 16.3. The van der Waals surface area contributed by atoms with Gasteiger partial charge in [0.05, 0.1) is 12.3 Å². The highest BCUT2D eigenvalue weighted by Crippen LogP contribution is 2.31. The summed E-state index contributed by atoms with van der Waals surface area (Å²) in [4.78, 5) is 2.64. The lowest BCUT2D eigenvalue weighted by atomic mass is 10.00. The molecule has 3 unspecified atom stereocenters. The first-order valence-corrected chi connectivity index (χ1v) is 8.00. The summed E-state index contributed by atoms with van der Waals surface area (Å²) in [5, 5.41) is 3.87. The summed E-state index contributed by atoms with van der Waals surface area (Å²) in [6.45, 7) is 2.52. The summed E-state index contributed by atoms with van der Waals surface area (Å²) in [6.07, 6.45) is 5.69. The molecular weight excluding hydrogens is 260 g/mol. The summed E-state index contributed by atoms with van der Waals surface area (Å²) < 4.78 is 5.70. The molecule has 2 fully saturated rings. The summed E-state index contributed by atoms with van der Waals surface area (Å²) in [6, 6.07) is 16.1. The zero-order chi connectivity index (χ0) is 14.1. The quantitative estimate of drug-likeness (QED) is 0.933. The number of fused-ring (bicyclic) bond motifs is 1. The monoisotopic (exact) mass is 282 g/mol. The Kier molecular flexibility index (Phi) is 3.53. The van der Waals surface area contributed by atoms with Crippen molar-refractivity contribution in [3.63, 3.8) is 0 Å². The van der Waals surface area contributed by atoms with Crippen molar-refractivity contribution in [2.45, 2.75) is 37.4 Å². The van der Waals surface area contributed by atoms with Crippen LogP contribution in [0, 0.1) is 0 Å². The van der Waals surface area contributed by atoms with Crippen molar-refractivity contribution in [1.82, 2.24) is 10.2 Å². The Labute approximate surface area is 126 Å². The van der Waals surface area contributed by atoms with Gasteiger partial charge in [0.15, 0.2) is 0 Å². The van der Waals surface area contributed by atoms with Gasteiger partial charge in [-0.15, -0.1) is 0 Å². The van der Waals surface area contributed by atoms with E-state index < -0.39 is 0 Å². The van der Waals surface area contributed by atoms with Crippen LogP contribution in [-0.2, 0) is 0 Å². The Morgan fingerprint density at radius 3 is 2.76 bits per heavy atom. The first kappa shape index (κ1) is 13.1. The zero-order valence-electron chi connectivity index (χ0n) is 12.2. The van der Waals surface area contributed by atoms with Crippen LogP contribution in [0.1, 0.15) is 36.6 Å². The standard InChI is InChI=1S/C18H22N2O/c1-2-6-14(7-3-1)18(17-9-5-13-21-17)19-15-10-12-20-11-4-8-16(15)20/h1-3,5-7,9,13,15-16,18-19H,4,8,10-12H2. The third-order valence-corrected chi connectivity index (χ3v) is 4.95. The fourth-order valence-electron chi connectivity index (χ4n) is 3.93. The van der Waals surface area contributed by atoms with Crippen LogP contribution in [0.2, 0.25) is 0 Å². The highest BCUT2D eigenvalue weighted by Gasteiger charge is 2.38. The van der Waals surface area contributed by atoms with E-state index in [0.717, 1.165) is 5.76 Å². The third kappa shape index (κ3) is 2.52. The van der Waals surface area contributed by atoms with Crippen LogP contribution < -0.4 is 5.32 Å². The van der Waals surface area contributed by atoms with Crippen LogP contribution in [0.4, 0.5) is 0 Å². The minimum absolute atomic E-state index is 0.159. The average molecular weight is 282 g/mol. The van der Waals surface area contributed by atoms with Crippen LogP contribution in [-0.4, -0.2) is 30.1 Å². The van der Waals surface area contributed by atoms with E-state index in [4.69, 9.17) is 4.42 Å². The number of nitrogens with zero attached hydrogens (tertiary/aromatic N) is 1. The van der Waals surface area contributed by atoms with Gasteiger partial charge in [0.1, 0.15) is 5.76 Å². The number of furan rings is 1. The van der Waals surface area contributed by atoms with Crippen LogP contribution in [0.3, 0.4) is 0 Å². The van der Waals surface area contributed by atoms with Crippen molar-refractivity contribution in [2.75, 3.05) is 13.1 Å². The zero-order valence-corrected chi connectivity index (χ0v) is 12.2. The normalized spacial score (nSPS) is 26.9. The van der Waals surface area contributed by atoms with Gasteiger partial charge in [0, 0.05) is 18.6 Å². The number of hydrogen-bond donors (Lipinski definition) is 1. The van der Waals surface area contributed by atoms with Crippen LogP contribution >= 0.6 is 0 Å². The van der Waals surface area contributed by atoms with Crippen molar-refractivity contribution < 1.29 is 4.42 Å². The molecule has 2 aliphatic heterocycles. The predicted molar refractivity (Wildman–Crippen MR) is 83.1 cm³/mol. The fraction of sp³-hybridized carbons (Fsp3) is 0.444. The minimum Gasteiger partial charge on any atom is -0.467 e. The molecule has 0 radical (unpaired) electrons. The number of benzene rings is 1. The number of hydrogen-bond acceptors (Lipinski definition) is 3. The molecule has 0 spiro atoms. The number of nitrogens with one attached hydrogen (secondary N) is 1. The van der Waals surface area contributed by atoms with Gasteiger partial charge in [-0.3, -0.25) is 10.2 Å². The summed E-state index contributed by atoms with van der Waals surface area (Å²) in [7, 11) is 0. The smallest absolute Gasteiger partial charge is 0.125 e. The lowest BCUT2D eigenvalue weighted by molar-refractivity contribution is 0.288. The Balaban J connectivity index is 1.59. The predicted octanol–water partition coefficient (Wildman–Crippen LogP) is 3.20. The molecule has 110 valence electrons. The highest BCUT2D eigenvalue weighted by molar-refractivity contribution is 5.27. The van der Waals surface area contributed by atoms with Gasteiger partial charge in [-0.25, -0.2) is 0 Å². The van der Waals surface area contributed by atoms with Gasteiger partial charge in [0.25, 0.3) is 0 Å². The first-order chi connectivity index (χ1) is 10.4. The third-order valence-electron chi connectivity index (χ3n) is 4.95. The Morgan fingerprint density at radius 1 is 1.05 bits per heavy atom. The van der Waals surface area contributed by atoms with Gasteiger partial charge in [-0.05, 0) is 43.5 Å². The molecular formula is C18H22N2O. The van der Waals surface area contributed by atoms with Gasteiger partial charge < -0.3 is 4.42 Å². The SMILES string of the molecule is c1ccc(C(NC2CCN3CCCC23)c2ccco2)cc1. The van der Waals surface area contributed by atoms with Crippen molar-refractivity contribution in [1.29, 1.82) is 0 Å². The lowest BCUT2D eigenvalue weighted by Crippen LogP contribution is -2.41. The van der Waals surface area contributed by atoms with Crippen molar-refractivity contribution in [3.8, 4) is 0 Å². The van der Waals surface area contributed by atoms with E-state index >= 15 is 0 Å². The molecule has 3 atom stereocenters. The molecule has 2 aromatic rings. The largest absolute Gasteiger partial charge is 0.467 e. The second-order valence-electron chi connectivity index (χ2n) is 6.17. The molecule has 1 N–H and O–H groups in total. The van der Waals surface area contributed by atoms with Gasteiger partial charge in [-0.1, -0.05) is 30.3 Å². The van der Waals surface area contributed by atoms with Crippen molar-refractivity contribution in [3.05, 3.63) is 60.1 Å². The van der Waals surface area contributed by atoms with E-state index in [2.05, 4.69) is 46.6 Å². The van der Waals surface area contributed by atoms with E-state index in [1.807, 2.05) is 6.07 Å². The maximum Gasteiger partial charge on any atom is 0.125 e. The second kappa shape index (κ2) is 5.66. The maximum absolute atomic E-state index is 5.70. The number of rotatable bonds is 4. The van der Waals surface area contributed by atoms with E-state index in [9.17, 15) is 0 Å². The molecule has 3 heteroatoms. The Bertz CT molecular complexity index is 566. The molecule has 2 saturated heterocycles. The van der Waals surface area contributed by atoms with Crippen LogP contribution in [0.15, 0.2) is 53.1 Å². The molecule has 4 rings (SSSR count). The molecule has 3 nitrogen and oxygen atoms in total. The summed E-state index contributed by atoms with van der Waals surface area (Å²) in [5.41, 5.74) is 1.28. The van der Waals surface area contributed by atoms with E-state index in [-0.39, 0.29) is 6.04 Å². The second-order valence-corrected chi connectivity index (χ2v) is 6.17. The molecule has 2 aliphatic rings. The maximum atomic E-state index is 5.70. The molecule has 1 aromatic heterocycles. The van der Waals surface area contributed by atoms with E-state index in [1.165, 1.54) is 37.9 Å². The Hall–Kier alpha value is -1.58. The molecule has 0 bridgehead atoms. The van der Waals surface area contributed by atoms with Gasteiger partial charge in [-0.2, -0.15) is 0 Å². The van der Waals surface area contributed by atoms with Gasteiger partial charge >= 0.3 is 0 Å². The molecule has 3 heterocycles. The van der Waals surface area contributed by atoms with Crippen molar-refractivity contribution in [2.24, 2.45) is 0 Å². The molecule has 0 aliphatic carbocycles. The van der Waals surface area contributed by atoms with Crippen molar-refractivity contribution >= 4 is 0 Å².